The standard InChI is InChI=1S/C12H30N4O/c1-3-9(5-13)11(15)7-17-8-12(16)10(4-2)6-14/h9-12H,3-8,13-16H2,1-2H3. The van der Waals surface area contributed by atoms with E-state index in [1.165, 1.54) is 0 Å². The van der Waals surface area contributed by atoms with Gasteiger partial charge in [0.25, 0.3) is 0 Å². The normalized spacial score (nSPS) is 18.7. The number of rotatable bonds is 10. The average molecular weight is 246 g/mol. The van der Waals surface area contributed by atoms with Gasteiger partial charge in [-0.15, -0.1) is 0 Å². The van der Waals surface area contributed by atoms with Crippen LogP contribution < -0.4 is 22.9 Å². The second-order valence-corrected chi connectivity index (χ2v) is 4.67. The van der Waals surface area contributed by atoms with Gasteiger partial charge in [0.15, 0.2) is 0 Å². The Hall–Kier alpha value is -0.200. The van der Waals surface area contributed by atoms with Gasteiger partial charge in [-0.1, -0.05) is 26.7 Å². The van der Waals surface area contributed by atoms with Crippen LogP contribution in [0.25, 0.3) is 0 Å². The average Bonchev–Trinajstić information content (AvgIpc) is 2.32. The quantitative estimate of drug-likeness (QED) is 0.420. The first-order chi connectivity index (χ1) is 8.10. The predicted molar refractivity (Wildman–Crippen MR) is 72.4 cm³/mol. The molecule has 0 bridgehead atoms. The summed E-state index contributed by atoms with van der Waals surface area (Å²) in [6.45, 7) is 6.42. The van der Waals surface area contributed by atoms with Crippen molar-refractivity contribution < 1.29 is 4.74 Å². The summed E-state index contributed by atoms with van der Waals surface area (Å²) in [6.07, 6.45) is 1.96. The number of ether oxygens (including phenoxy) is 1. The fourth-order valence-corrected chi connectivity index (χ4v) is 1.90. The highest BCUT2D eigenvalue weighted by molar-refractivity contribution is 4.75. The van der Waals surface area contributed by atoms with Crippen LogP contribution in [0.2, 0.25) is 0 Å². The molecule has 0 radical (unpaired) electrons. The van der Waals surface area contributed by atoms with Gasteiger partial charge in [-0.3, -0.25) is 0 Å². The third-order valence-corrected chi connectivity index (χ3v) is 3.49. The zero-order chi connectivity index (χ0) is 13.3. The Labute approximate surface area is 105 Å². The third-order valence-electron chi connectivity index (χ3n) is 3.49. The van der Waals surface area contributed by atoms with Crippen LogP contribution in [0, 0.1) is 11.8 Å². The van der Waals surface area contributed by atoms with E-state index in [4.69, 9.17) is 27.7 Å². The Morgan fingerprint density at radius 2 is 1.18 bits per heavy atom. The van der Waals surface area contributed by atoms with E-state index >= 15 is 0 Å². The Bertz CT molecular complexity index is 154. The van der Waals surface area contributed by atoms with Gasteiger partial charge in [0.1, 0.15) is 0 Å². The van der Waals surface area contributed by atoms with Crippen LogP contribution >= 0.6 is 0 Å². The van der Waals surface area contributed by atoms with Crippen molar-refractivity contribution in [3.8, 4) is 0 Å². The summed E-state index contributed by atoms with van der Waals surface area (Å²) in [5.74, 6) is 0.644. The van der Waals surface area contributed by atoms with Crippen molar-refractivity contribution in [3.63, 3.8) is 0 Å². The molecule has 4 atom stereocenters. The summed E-state index contributed by atoms with van der Waals surface area (Å²) in [5, 5.41) is 0. The van der Waals surface area contributed by atoms with Gasteiger partial charge in [-0.05, 0) is 24.9 Å². The molecule has 0 saturated carbocycles. The van der Waals surface area contributed by atoms with Gasteiger partial charge in [0, 0.05) is 12.1 Å². The summed E-state index contributed by atoms with van der Waals surface area (Å²) >= 11 is 0. The second-order valence-electron chi connectivity index (χ2n) is 4.67. The van der Waals surface area contributed by atoms with E-state index in [-0.39, 0.29) is 12.1 Å². The van der Waals surface area contributed by atoms with Crippen molar-refractivity contribution in [2.24, 2.45) is 34.8 Å². The van der Waals surface area contributed by atoms with Gasteiger partial charge in [0.05, 0.1) is 13.2 Å². The smallest absolute Gasteiger partial charge is 0.0621 e. The van der Waals surface area contributed by atoms with Crippen LogP contribution in [0.3, 0.4) is 0 Å². The lowest BCUT2D eigenvalue weighted by Gasteiger charge is -2.24. The monoisotopic (exact) mass is 246 g/mol. The van der Waals surface area contributed by atoms with E-state index in [1.807, 2.05) is 0 Å². The van der Waals surface area contributed by atoms with Crippen molar-refractivity contribution in [2.75, 3.05) is 26.3 Å². The van der Waals surface area contributed by atoms with E-state index in [2.05, 4.69) is 13.8 Å². The second kappa shape index (κ2) is 9.79. The molecule has 0 aromatic heterocycles. The highest BCUT2D eigenvalue weighted by Crippen LogP contribution is 2.08. The van der Waals surface area contributed by atoms with Gasteiger partial charge in [-0.25, -0.2) is 0 Å². The molecule has 104 valence electrons. The summed E-state index contributed by atoms with van der Waals surface area (Å²) in [5.41, 5.74) is 23.3. The first kappa shape index (κ1) is 16.8. The van der Waals surface area contributed by atoms with E-state index in [0.717, 1.165) is 12.8 Å². The zero-order valence-electron chi connectivity index (χ0n) is 11.3. The fourth-order valence-electron chi connectivity index (χ4n) is 1.90. The molecular formula is C12H30N4O. The number of hydrogen-bond donors (Lipinski definition) is 4. The van der Waals surface area contributed by atoms with Crippen LogP contribution in [-0.4, -0.2) is 38.4 Å². The molecular weight excluding hydrogens is 216 g/mol. The van der Waals surface area contributed by atoms with Gasteiger partial charge >= 0.3 is 0 Å². The molecule has 0 aromatic rings. The van der Waals surface area contributed by atoms with Gasteiger partial charge < -0.3 is 27.7 Å². The molecule has 0 fully saturated rings. The van der Waals surface area contributed by atoms with Crippen LogP contribution in [0.5, 0.6) is 0 Å². The first-order valence-corrected chi connectivity index (χ1v) is 6.59. The topological polar surface area (TPSA) is 113 Å². The molecule has 8 N–H and O–H groups in total. The molecule has 0 heterocycles. The number of hydrogen-bond acceptors (Lipinski definition) is 5. The van der Waals surface area contributed by atoms with Crippen molar-refractivity contribution in [1.82, 2.24) is 0 Å². The summed E-state index contributed by atoms with van der Waals surface area (Å²) in [7, 11) is 0. The molecule has 0 amide bonds. The number of nitrogens with two attached hydrogens (primary N) is 4. The van der Waals surface area contributed by atoms with Crippen LogP contribution in [-0.2, 0) is 4.74 Å². The summed E-state index contributed by atoms with van der Waals surface area (Å²) < 4.78 is 5.57. The minimum Gasteiger partial charge on any atom is -0.378 e. The van der Waals surface area contributed by atoms with Crippen molar-refractivity contribution >= 4 is 0 Å². The molecule has 0 aliphatic carbocycles. The summed E-state index contributed by atoms with van der Waals surface area (Å²) in [4.78, 5) is 0. The molecule has 0 rings (SSSR count). The van der Waals surface area contributed by atoms with Crippen LogP contribution in [0.1, 0.15) is 26.7 Å². The maximum absolute atomic E-state index is 6.00. The molecule has 5 heteroatoms. The van der Waals surface area contributed by atoms with Crippen molar-refractivity contribution in [1.29, 1.82) is 0 Å². The van der Waals surface area contributed by atoms with E-state index in [0.29, 0.717) is 38.1 Å². The first-order valence-electron chi connectivity index (χ1n) is 6.59. The zero-order valence-corrected chi connectivity index (χ0v) is 11.3. The lowest BCUT2D eigenvalue weighted by molar-refractivity contribution is 0.0827. The molecule has 4 unspecified atom stereocenters. The summed E-state index contributed by atoms with van der Waals surface area (Å²) in [6, 6.07) is -0.00898. The predicted octanol–water partition coefficient (Wildman–Crippen LogP) is -0.373. The lowest BCUT2D eigenvalue weighted by Crippen LogP contribution is -2.42. The van der Waals surface area contributed by atoms with E-state index < -0.39 is 0 Å². The van der Waals surface area contributed by atoms with Gasteiger partial charge in [0.2, 0.25) is 0 Å². The molecule has 0 spiro atoms. The highest BCUT2D eigenvalue weighted by Gasteiger charge is 2.17. The van der Waals surface area contributed by atoms with Crippen LogP contribution in [0.15, 0.2) is 0 Å². The Morgan fingerprint density at radius 1 is 0.824 bits per heavy atom. The molecule has 5 nitrogen and oxygen atoms in total. The molecule has 0 aromatic carbocycles. The van der Waals surface area contributed by atoms with E-state index in [1.54, 1.807) is 0 Å². The lowest BCUT2D eigenvalue weighted by atomic mass is 9.97. The molecule has 0 saturated heterocycles. The Morgan fingerprint density at radius 3 is 1.41 bits per heavy atom. The molecule has 0 aliphatic heterocycles. The van der Waals surface area contributed by atoms with Crippen LogP contribution in [0.4, 0.5) is 0 Å². The molecule has 0 aliphatic rings. The third kappa shape index (κ3) is 6.33. The highest BCUT2D eigenvalue weighted by atomic mass is 16.5. The Kier molecular flexibility index (Phi) is 9.68. The maximum atomic E-state index is 6.00. The Balaban J connectivity index is 3.82. The minimum atomic E-state index is -0.00449. The van der Waals surface area contributed by atoms with Crippen molar-refractivity contribution in [2.45, 2.75) is 38.8 Å². The van der Waals surface area contributed by atoms with Gasteiger partial charge in [-0.2, -0.15) is 0 Å². The maximum Gasteiger partial charge on any atom is 0.0621 e. The molecule has 17 heavy (non-hydrogen) atoms. The minimum absolute atomic E-state index is 0.00449. The largest absolute Gasteiger partial charge is 0.378 e. The fraction of sp³-hybridized carbons (Fsp3) is 1.00. The van der Waals surface area contributed by atoms with E-state index in [9.17, 15) is 0 Å². The van der Waals surface area contributed by atoms with Crippen molar-refractivity contribution in [3.05, 3.63) is 0 Å². The SMILES string of the molecule is CCC(CN)C(N)COCC(N)C(CC)CN.